The molecule has 2 unspecified atom stereocenters. The standard InChI is InChI=1S/C16H36N2O2/c1-13(2)9-17(10-14(3)4)7-8-18(11-15(5)19)12-16(6)20/h13-16,19-20H,7-12H2,1-6H3. The molecule has 0 radical (unpaired) electrons. The molecule has 0 amide bonds. The van der Waals surface area contributed by atoms with Crippen LogP contribution in [0.15, 0.2) is 0 Å². The maximum atomic E-state index is 9.55. The molecular weight excluding hydrogens is 252 g/mol. The molecule has 0 aromatic rings. The zero-order chi connectivity index (χ0) is 15.7. The fourth-order valence-corrected chi connectivity index (χ4v) is 2.58. The summed E-state index contributed by atoms with van der Waals surface area (Å²) < 4.78 is 0. The average Bonchev–Trinajstić information content (AvgIpc) is 2.22. The van der Waals surface area contributed by atoms with Gasteiger partial charge in [0, 0.05) is 39.3 Å². The molecule has 0 aromatic carbocycles. The minimum atomic E-state index is -0.350. The molecule has 0 saturated carbocycles. The van der Waals surface area contributed by atoms with Crippen LogP contribution in [0.1, 0.15) is 41.5 Å². The summed E-state index contributed by atoms with van der Waals surface area (Å²) >= 11 is 0. The van der Waals surface area contributed by atoms with E-state index in [-0.39, 0.29) is 12.2 Å². The van der Waals surface area contributed by atoms with E-state index in [4.69, 9.17) is 0 Å². The van der Waals surface area contributed by atoms with Gasteiger partial charge in [-0.05, 0) is 25.7 Å². The van der Waals surface area contributed by atoms with Crippen molar-refractivity contribution in [3.05, 3.63) is 0 Å². The van der Waals surface area contributed by atoms with Crippen molar-refractivity contribution in [1.82, 2.24) is 9.80 Å². The van der Waals surface area contributed by atoms with Crippen LogP contribution in [0.25, 0.3) is 0 Å². The molecule has 4 nitrogen and oxygen atoms in total. The van der Waals surface area contributed by atoms with E-state index in [9.17, 15) is 10.2 Å². The van der Waals surface area contributed by atoms with Crippen molar-refractivity contribution in [3.8, 4) is 0 Å². The summed E-state index contributed by atoms with van der Waals surface area (Å²) in [6.07, 6.45) is -0.699. The van der Waals surface area contributed by atoms with Crippen LogP contribution in [0.5, 0.6) is 0 Å². The summed E-state index contributed by atoms with van der Waals surface area (Å²) in [5.74, 6) is 1.33. The molecule has 0 aliphatic carbocycles. The first-order valence-electron chi connectivity index (χ1n) is 8.01. The highest BCUT2D eigenvalue weighted by Gasteiger charge is 2.14. The highest BCUT2D eigenvalue weighted by molar-refractivity contribution is 4.69. The summed E-state index contributed by atoms with van der Waals surface area (Å²) in [6.45, 7) is 17.9. The van der Waals surface area contributed by atoms with Gasteiger partial charge in [-0.25, -0.2) is 0 Å². The van der Waals surface area contributed by atoms with Crippen molar-refractivity contribution in [2.45, 2.75) is 53.8 Å². The van der Waals surface area contributed by atoms with Crippen LogP contribution >= 0.6 is 0 Å². The molecule has 2 N–H and O–H groups in total. The van der Waals surface area contributed by atoms with Crippen LogP contribution in [0, 0.1) is 11.8 Å². The van der Waals surface area contributed by atoms with Crippen LogP contribution in [0.2, 0.25) is 0 Å². The molecule has 0 aliphatic heterocycles. The van der Waals surface area contributed by atoms with Gasteiger partial charge in [-0.1, -0.05) is 27.7 Å². The van der Waals surface area contributed by atoms with Gasteiger partial charge in [-0.3, -0.25) is 4.90 Å². The number of hydrogen-bond donors (Lipinski definition) is 2. The number of nitrogens with zero attached hydrogens (tertiary/aromatic N) is 2. The summed E-state index contributed by atoms with van der Waals surface area (Å²) in [5.41, 5.74) is 0. The molecule has 4 heteroatoms. The Bertz CT molecular complexity index is 187. The lowest BCUT2D eigenvalue weighted by atomic mass is 10.1. The van der Waals surface area contributed by atoms with Crippen LogP contribution in [-0.2, 0) is 0 Å². The zero-order valence-corrected chi connectivity index (χ0v) is 14.3. The van der Waals surface area contributed by atoms with Crippen molar-refractivity contribution in [2.75, 3.05) is 39.3 Å². The summed E-state index contributed by atoms with van der Waals surface area (Å²) in [6, 6.07) is 0. The highest BCUT2D eigenvalue weighted by Crippen LogP contribution is 2.05. The fourth-order valence-electron chi connectivity index (χ4n) is 2.58. The van der Waals surface area contributed by atoms with Gasteiger partial charge in [0.25, 0.3) is 0 Å². The first-order valence-corrected chi connectivity index (χ1v) is 8.01. The van der Waals surface area contributed by atoms with E-state index in [0.29, 0.717) is 24.9 Å². The van der Waals surface area contributed by atoms with Gasteiger partial charge >= 0.3 is 0 Å². The second-order valence-corrected chi connectivity index (χ2v) is 7.00. The van der Waals surface area contributed by atoms with Crippen molar-refractivity contribution in [3.63, 3.8) is 0 Å². The molecule has 0 aliphatic rings. The topological polar surface area (TPSA) is 46.9 Å². The van der Waals surface area contributed by atoms with Crippen LogP contribution in [-0.4, -0.2) is 71.5 Å². The van der Waals surface area contributed by atoms with Gasteiger partial charge in [0.1, 0.15) is 0 Å². The Morgan fingerprint density at radius 1 is 0.600 bits per heavy atom. The van der Waals surface area contributed by atoms with Crippen LogP contribution < -0.4 is 0 Å². The molecule has 0 spiro atoms. The predicted octanol–water partition coefficient (Wildman–Crippen LogP) is 1.66. The van der Waals surface area contributed by atoms with Gasteiger partial charge in [-0.2, -0.15) is 0 Å². The second-order valence-electron chi connectivity index (χ2n) is 7.00. The van der Waals surface area contributed by atoms with E-state index in [0.717, 1.165) is 26.2 Å². The monoisotopic (exact) mass is 288 g/mol. The van der Waals surface area contributed by atoms with Crippen molar-refractivity contribution >= 4 is 0 Å². The molecule has 0 bridgehead atoms. The third-order valence-electron chi connectivity index (χ3n) is 3.02. The van der Waals surface area contributed by atoms with Gasteiger partial charge in [0.2, 0.25) is 0 Å². The Hall–Kier alpha value is -0.160. The van der Waals surface area contributed by atoms with Crippen LogP contribution in [0.4, 0.5) is 0 Å². The fraction of sp³-hybridized carbons (Fsp3) is 1.00. The van der Waals surface area contributed by atoms with Crippen molar-refractivity contribution in [2.24, 2.45) is 11.8 Å². The van der Waals surface area contributed by atoms with Gasteiger partial charge in [0.05, 0.1) is 12.2 Å². The maximum Gasteiger partial charge on any atom is 0.0639 e. The minimum absolute atomic E-state index is 0.350. The first-order chi connectivity index (χ1) is 9.20. The zero-order valence-electron chi connectivity index (χ0n) is 14.3. The molecule has 0 rings (SSSR count). The highest BCUT2D eigenvalue weighted by atomic mass is 16.3. The first kappa shape index (κ1) is 19.8. The van der Waals surface area contributed by atoms with Crippen molar-refractivity contribution in [1.29, 1.82) is 0 Å². The lowest BCUT2D eigenvalue weighted by molar-refractivity contribution is 0.0736. The molecule has 0 saturated heterocycles. The van der Waals surface area contributed by atoms with Crippen molar-refractivity contribution < 1.29 is 10.2 Å². The van der Waals surface area contributed by atoms with E-state index < -0.39 is 0 Å². The summed E-state index contributed by atoms with van der Waals surface area (Å²) in [4.78, 5) is 4.65. The van der Waals surface area contributed by atoms with E-state index >= 15 is 0 Å². The Morgan fingerprint density at radius 2 is 0.900 bits per heavy atom. The summed E-state index contributed by atoms with van der Waals surface area (Å²) in [7, 11) is 0. The summed E-state index contributed by atoms with van der Waals surface area (Å²) in [5, 5.41) is 19.1. The maximum absolute atomic E-state index is 9.55. The quantitative estimate of drug-likeness (QED) is 0.607. The Balaban J connectivity index is 4.35. The van der Waals surface area contributed by atoms with E-state index in [1.807, 2.05) is 0 Å². The van der Waals surface area contributed by atoms with E-state index in [1.165, 1.54) is 0 Å². The number of hydrogen-bond acceptors (Lipinski definition) is 4. The molecule has 0 aromatic heterocycles. The third-order valence-corrected chi connectivity index (χ3v) is 3.02. The Labute approximate surface area is 125 Å². The van der Waals surface area contributed by atoms with Gasteiger partial charge in [0.15, 0.2) is 0 Å². The second kappa shape index (κ2) is 10.6. The molecule has 0 fully saturated rings. The minimum Gasteiger partial charge on any atom is -0.392 e. The molecule has 2 atom stereocenters. The molecule has 0 heterocycles. The molecular formula is C16H36N2O2. The largest absolute Gasteiger partial charge is 0.392 e. The number of aliphatic hydroxyl groups excluding tert-OH is 2. The molecule has 20 heavy (non-hydrogen) atoms. The third kappa shape index (κ3) is 11.6. The smallest absolute Gasteiger partial charge is 0.0639 e. The predicted molar refractivity (Wildman–Crippen MR) is 85.9 cm³/mol. The van der Waals surface area contributed by atoms with Gasteiger partial charge < -0.3 is 15.1 Å². The lowest BCUT2D eigenvalue weighted by Crippen LogP contribution is -2.43. The lowest BCUT2D eigenvalue weighted by Gasteiger charge is -2.31. The number of rotatable bonds is 11. The normalized spacial score (nSPS) is 15.6. The SMILES string of the molecule is CC(C)CN(CCN(CC(C)O)CC(C)O)CC(C)C. The number of aliphatic hydroxyl groups is 2. The average molecular weight is 288 g/mol. The van der Waals surface area contributed by atoms with Crippen LogP contribution in [0.3, 0.4) is 0 Å². The molecule has 122 valence electrons. The van der Waals surface area contributed by atoms with E-state index in [2.05, 4.69) is 37.5 Å². The Kier molecular flexibility index (Phi) is 10.5. The van der Waals surface area contributed by atoms with Gasteiger partial charge in [-0.15, -0.1) is 0 Å². The van der Waals surface area contributed by atoms with E-state index in [1.54, 1.807) is 13.8 Å². The Morgan fingerprint density at radius 3 is 1.15 bits per heavy atom.